The maximum atomic E-state index is 12.2. The second-order valence-corrected chi connectivity index (χ2v) is 6.79. The molecule has 1 aliphatic carbocycles. The molecular weight excluding hydrogens is 350 g/mol. The summed E-state index contributed by atoms with van der Waals surface area (Å²) in [6.07, 6.45) is 2.38. The topological polar surface area (TPSA) is 29.1 Å². The van der Waals surface area contributed by atoms with E-state index in [4.69, 9.17) is 11.6 Å². The van der Waals surface area contributed by atoms with Crippen molar-refractivity contribution in [1.82, 2.24) is 5.32 Å². The minimum atomic E-state index is -0.183. The fourth-order valence-electron chi connectivity index (χ4n) is 2.48. The number of nitrogens with one attached hydrogen (secondary N) is 1. The number of carbonyl (C=O) groups excluding carboxylic acids is 1. The minimum Gasteiger partial charge on any atom is -0.346 e. The Morgan fingerprint density at radius 1 is 1.10 bits per heavy atom. The van der Waals surface area contributed by atoms with E-state index in [0.717, 1.165) is 33.5 Å². The van der Waals surface area contributed by atoms with Crippen molar-refractivity contribution < 1.29 is 4.79 Å². The van der Waals surface area contributed by atoms with Crippen LogP contribution in [-0.4, -0.2) is 5.91 Å². The standard InChI is InChI=1S/C17H15BrClNO/c18-14-5-1-12(2-6-14)11-16(21)20-17(9-10-17)13-3-7-15(19)8-4-13/h1-8H,9-11H2,(H,20,21). The van der Waals surface area contributed by atoms with Crippen LogP contribution in [0.4, 0.5) is 0 Å². The highest BCUT2D eigenvalue weighted by atomic mass is 79.9. The fourth-order valence-corrected chi connectivity index (χ4v) is 2.87. The van der Waals surface area contributed by atoms with Gasteiger partial charge in [0.15, 0.2) is 0 Å². The molecule has 0 unspecified atom stereocenters. The van der Waals surface area contributed by atoms with E-state index < -0.39 is 0 Å². The molecule has 108 valence electrons. The first-order valence-electron chi connectivity index (χ1n) is 6.89. The molecule has 1 saturated carbocycles. The Kier molecular flexibility index (Phi) is 4.05. The van der Waals surface area contributed by atoms with Crippen molar-refractivity contribution in [3.05, 3.63) is 69.2 Å². The van der Waals surface area contributed by atoms with Crippen LogP contribution in [0.25, 0.3) is 0 Å². The van der Waals surface area contributed by atoms with Gasteiger partial charge in [-0.25, -0.2) is 0 Å². The molecule has 4 heteroatoms. The van der Waals surface area contributed by atoms with Gasteiger partial charge in [-0.05, 0) is 48.2 Å². The number of hydrogen-bond acceptors (Lipinski definition) is 1. The Balaban J connectivity index is 1.67. The number of halogens is 2. The van der Waals surface area contributed by atoms with Gasteiger partial charge in [-0.15, -0.1) is 0 Å². The molecule has 0 spiro atoms. The van der Waals surface area contributed by atoms with Crippen LogP contribution in [0.1, 0.15) is 24.0 Å². The average molecular weight is 365 g/mol. The summed E-state index contributed by atoms with van der Waals surface area (Å²) in [6.45, 7) is 0. The lowest BCUT2D eigenvalue weighted by Crippen LogP contribution is -2.35. The molecule has 2 aromatic carbocycles. The average Bonchev–Trinajstić information content (AvgIpc) is 3.23. The first-order chi connectivity index (χ1) is 10.1. The first kappa shape index (κ1) is 14.6. The van der Waals surface area contributed by atoms with Crippen LogP contribution < -0.4 is 5.32 Å². The van der Waals surface area contributed by atoms with Crippen LogP contribution in [-0.2, 0) is 16.8 Å². The Hall–Kier alpha value is -1.32. The van der Waals surface area contributed by atoms with Gasteiger partial charge in [0, 0.05) is 9.50 Å². The van der Waals surface area contributed by atoms with E-state index in [9.17, 15) is 4.79 Å². The van der Waals surface area contributed by atoms with E-state index in [0.29, 0.717) is 6.42 Å². The molecule has 2 aromatic rings. The SMILES string of the molecule is O=C(Cc1ccc(Br)cc1)NC1(c2ccc(Cl)cc2)CC1. The zero-order valence-electron chi connectivity index (χ0n) is 11.4. The van der Waals surface area contributed by atoms with Crippen molar-refractivity contribution >= 4 is 33.4 Å². The summed E-state index contributed by atoms with van der Waals surface area (Å²) < 4.78 is 1.02. The van der Waals surface area contributed by atoms with Crippen molar-refractivity contribution in [2.75, 3.05) is 0 Å². The van der Waals surface area contributed by atoms with E-state index in [2.05, 4.69) is 21.2 Å². The van der Waals surface area contributed by atoms with Crippen molar-refractivity contribution in [3.8, 4) is 0 Å². The Labute approximate surface area is 137 Å². The number of amides is 1. The fraction of sp³-hybridized carbons (Fsp3) is 0.235. The summed E-state index contributed by atoms with van der Waals surface area (Å²) in [6, 6.07) is 15.6. The molecule has 0 radical (unpaired) electrons. The maximum Gasteiger partial charge on any atom is 0.225 e. The van der Waals surface area contributed by atoms with E-state index in [1.165, 1.54) is 0 Å². The van der Waals surface area contributed by atoms with Crippen LogP contribution in [0.3, 0.4) is 0 Å². The third kappa shape index (κ3) is 3.47. The van der Waals surface area contributed by atoms with Gasteiger partial charge in [0.1, 0.15) is 0 Å². The Morgan fingerprint density at radius 3 is 2.29 bits per heavy atom. The van der Waals surface area contributed by atoms with Crippen LogP contribution in [0.5, 0.6) is 0 Å². The lowest BCUT2D eigenvalue weighted by Gasteiger charge is -2.18. The molecule has 3 rings (SSSR count). The van der Waals surface area contributed by atoms with Crippen molar-refractivity contribution in [3.63, 3.8) is 0 Å². The predicted molar refractivity (Wildman–Crippen MR) is 88.4 cm³/mol. The summed E-state index contributed by atoms with van der Waals surface area (Å²) in [5.41, 5.74) is 1.97. The maximum absolute atomic E-state index is 12.2. The van der Waals surface area contributed by atoms with E-state index in [1.807, 2.05) is 48.5 Å². The van der Waals surface area contributed by atoms with Gasteiger partial charge >= 0.3 is 0 Å². The number of carbonyl (C=O) groups is 1. The second-order valence-electron chi connectivity index (χ2n) is 5.44. The van der Waals surface area contributed by atoms with E-state index in [1.54, 1.807) is 0 Å². The second kappa shape index (κ2) is 5.82. The van der Waals surface area contributed by atoms with Crippen molar-refractivity contribution in [2.24, 2.45) is 0 Å². The summed E-state index contributed by atoms with van der Waals surface area (Å²) >= 11 is 9.31. The molecule has 0 aromatic heterocycles. The zero-order chi connectivity index (χ0) is 14.9. The molecule has 1 fully saturated rings. The number of rotatable bonds is 4. The largest absolute Gasteiger partial charge is 0.346 e. The molecule has 0 aliphatic heterocycles. The van der Waals surface area contributed by atoms with Gasteiger partial charge in [0.25, 0.3) is 0 Å². The molecule has 0 heterocycles. The van der Waals surface area contributed by atoms with Gasteiger partial charge in [0.05, 0.1) is 12.0 Å². The molecule has 2 nitrogen and oxygen atoms in total. The van der Waals surface area contributed by atoms with Crippen LogP contribution >= 0.6 is 27.5 Å². The normalized spacial score (nSPS) is 15.5. The summed E-state index contributed by atoms with van der Waals surface area (Å²) in [4.78, 5) is 12.2. The predicted octanol–water partition coefficient (Wildman–Crippen LogP) is 4.45. The van der Waals surface area contributed by atoms with Gasteiger partial charge < -0.3 is 5.32 Å². The number of benzene rings is 2. The molecule has 0 atom stereocenters. The number of hydrogen-bond donors (Lipinski definition) is 1. The summed E-state index contributed by atoms with van der Waals surface area (Å²) in [5.74, 6) is 0.0600. The van der Waals surface area contributed by atoms with E-state index in [-0.39, 0.29) is 11.4 Å². The molecular formula is C17H15BrClNO. The van der Waals surface area contributed by atoms with E-state index >= 15 is 0 Å². The zero-order valence-corrected chi connectivity index (χ0v) is 13.7. The molecule has 1 aliphatic rings. The highest BCUT2D eigenvalue weighted by Gasteiger charge is 2.45. The monoisotopic (exact) mass is 363 g/mol. The lowest BCUT2D eigenvalue weighted by atomic mass is 10.0. The third-order valence-corrected chi connectivity index (χ3v) is 4.58. The quantitative estimate of drug-likeness (QED) is 0.853. The summed E-state index contributed by atoms with van der Waals surface area (Å²) in [5, 5.41) is 3.89. The molecule has 1 N–H and O–H groups in total. The smallest absolute Gasteiger partial charge is 0.225 e. The molecule has 21 heavy (non-hydrogen) atoms. The Morgan fingerprint density at radius 2 is 1.71 bits per heavy atom. The Bertz CT molecular complexity index is 647. The highest BCUT2D eigenvalue weighted by molar-refractivity contribution is 9.10. The molecule has 0 bridgehead atoms. The van der Waals surface area contributed by atoms with Crippen molar-refractivity contribution in [2.45, 2.75) is 24.8 Å². The van der Waals surface area contributed by atoms with Gasteiger partial charge in [0.2, 0.25) is 5.91 Å². The summed E-state index contributed by atoms with van der Waals surface area (Å²) in [7, 11) is 0. The van der Waals surface area contributed by atoms with Crippen molar-refractivity contribution in [1.29, 1.82) is 0 Å². The third-order valence-electron chi connectivity index (χ3n) is 3.80. The van der Waals surface area contributed by atoms with Crippen LogP contribution in [0.2, 0.25) is 5.02 Å². The molecule has 0 saturated heterocycles. The molecule has 1 amide bonds. The lowest BCUT2D eigenvalue weighted by molar-refractivity contribution is -0.121. The van der Waals surface area contributed by atoms with Gasteiger partial charge in [-0.1, -0.05) is 51.8 Å². The first-order valence-corrected chi connectivity index (χ1v) is 8.06. The van der Waals surface area contributed by atoms with Gasteiger partial charge in [-0.2, -0.15) is 0 Å². The van der Waals surface area contributed by atoms with Crippen LogP contribution in [0, 0.1) is 0 Å². The van der Waals surface area contributed by atoms with Crippen LogP contribution in [0.15, 0.2) is 53.0 Å². The minimum absolute atomic E-state index is 0.0600. The highest BCUT2D eigenvalue weighted by Crippen LogP contribution is 2.45. The van der Waals surface area contributed by atoms with Gasteiger partial charge in [-0.3, -0.25) is 4.79 Å².